The topological polar surface area (TPSA) is 92.3 Å². The van der Waals surface area contributed by atoms with E-state index in [-0.39, 0.29) is 4.34 Å². The molecule has 0 aliphatic rings. The number of anilines is 2. The van der Waals surface area contributed by atoms with Gasteiger partial charge in [-0.25, -0.2) is 8.42 Å². The average molecular weight is 368 g/mol. The maximum absolute atomic E-state index is 12.1. The van der Waals surface area contributed by atoms with Crippen LogP contribution in [0.5, 0.6) is 0 Å². The molecule has 0 spiro atoms. The number of aryl methyl sites for hydroxylation is 1. The molecule has 0 saturated carbocycles. The quantitative estimate of drug-likeness (QED) is 0.805. The molecule has 0 radical (unpaired) electrons. The van der Waals surface area contributed by atoms with Gasteiger partial charge in [0.15, 0.2) is 0 Å². The van der Waals surface area contributed by atoms with Crippen LogP contribution in [0.2, 0.25) is 0 Å². The van der Waals surface area contributed by atoms with Crippen LogP contribution < -0.4 is 10.2 Å². The average Bonchev–Trinajstić information content (AvgIpc) is 2.97. The number of amides is 1. The fourth-order valence-corrected chi connectivity index (χ4v) is 4.35. The zero-order valence-corrected chi connectivity index (χ0v) is 15.4. The van der Waals surface area contributed by atoms with E-state index >= 15 is 0 Å². The number of sulfone groups is 1. The number of benzene rings is 1. The summed E-state index contributed by atoms with van der Waals surface area (Å²) in [4.78, 5) is 14.2. The Bertz CT molecular complexity index is 796. The van der Waals surface area contributed by atoms with Crippen molar-refractivity contribution in [3.05, 3.63) is 29.3 Å². The summed E-state index contributed by atoms with van der Waals surface area (Å²) in [6.07, 6.45) is 0. The van der Waals surface area contributed by atoms with E-state index in [1.54, 1.807) is 19.1 Å². The van der Waals surface area contributed by atoms with E-state index in [0.717, 1.165) is 30.1 Å². The fourth-order valence-electron chi connectivity index (χ4n) is 2.18. The highest BCUT2D eigenvalue weighted by molar-refractivity contribution is 7.94. The van der Waals surface area contributed by atoms with Crippen LogP contribution in [0.15, 0.2) is 28.6 Å². The van der Waals surface area contributed by atoms with Crippen molar-refractivity contribution in [1.29, 1.82) is 0 Å². The van der Waals surface area contributed by atoms with Gasteiger partial charge in [-0.3, -0.25) is 4.79 Å². The van der Waals surface area contributed by atoms with Crippen LogP contribution in [-0.2, 0) is 14.6 Å². The molecule has 2 aromatic rings. The summed E-state index contributed by atoms with van der Waals surface area (Å²) in [5, 5.41) is 10.4. The number of carbonyl (C=O) groups excluding carboxylic acids is 1. The van der Waals surface area contributed by atoms with Gasteiger partial charge in [0.25, 0.3) is 0 Å². The van der Waals surface area contributed by atoms with Gasteiger partial charge in [-0.15, -0.1) is 10.2 Å². The minimum absolute atomic E-state index is 0.132. The predicted molar refractivity (Wildman–Crippen MR) is 95.3 cm³/mol. The number of nitrogens with one attached hydrogen (secondary N) is 1. The molecule has 0 aliphatic heterocycles. The van der Waals surface area contributed by atoms with E-state index in [4.69, 9.17) is 0 Å². The van der Waals surface area contributed by atoms with Gasteiger partial charge in [-0.05, 0) is 45.0 Å². The second-order valence-corrected chi connectivity index (χ2v) is 8.46. The van der Waals surface area contributed by atoms with Crippen molar-refractivity contribution in [3.63, 3.8) is 0 Å². The Kier molecular flexibility index (Phi) is 5.89. The van der Waals surface area contributed by atoms with Gasteiger partial charge in [0.05, 0.1) is 0 Å². The highest BCUT2D eigenvalue weighted by Gasteiger charge is 2.23. The number of rotatable bonds is 7. The van der Waals surface area contributed by atoms with E-state index in [1.165, 1.54) is 0 Å². The third-order valence-electron chi connectivity index (χ3n) is 3.37. The van der Waals surface area contributed by atoms with Gasteiger partial charge in [-0.2, -0.15) is 0 Å². The van der Waals surface area contributed by atoms with Crippen LogP contribution in [-0.4, -0.2) is 43.4 Å². The molecule has 24 heavy (non-hydrogen) atoms. The van der Waals surface area contributed by atoms with E-state index in [2.05, 4.69) is 34.3 Å². The summed E-state index contributed by atoms with van der Waals surface area (Å²) in [6, 6.07) is 7.30. The normalized spacial score (nSPS) is 11.3. The first kappa shape index (κ1) is 18.3. The van der Waals surface area contributed by atoms with Crippen LogP contribution in [0.1, 0.15) is 18.9 Å². The standard InChI is InChI=1S/C15H20N4O3S2/c1-4-19(5-2)13-8-6-12(7-9-13)16-14(20)10-24(21,22)15-18-17-11(3)23-15/h6-9H,4-5,10H2,1-3H3,(H,16,20). The first-order valence-corrected chi connectivity index (χ1v) is 10.00. The number of hydrogen-bond donors (Lipinski definition) is 1. The van der Waals surface area contributed by atoms with Crippen molar-refractivity contribution >= 4 is 38.5 Å². The SMILES string of the molecule is CCN(CC)c1ccc(NC(=O)CS(=O)(=O)c2nnc(C)s2)cc1. The van der Waals surface area contributed by atoms with E-state index in [0.29, 0.717) is 10.7 Å². The maximum Gasteiger partial charge on any atom is 0.240 e. The molecule has 130 valence electrons. The lowest BCUT2D eigenvalue weighted by molar-refractivity contribution is -0.113. The van der Waals surface area contributed by atoms with Crippen molar-refractivity contribution < 1.29 is 13.2 Å². The molecule has 7 nitrogen and oxygen atoms in total. The maximum atomic E-state index is 12.1. The zero-order valence-electron chi connectivity index (χ0n) is 13.8. The molecule has 0 aliphatic carbocycles. The third kappa shape index (κ3) is 4.51. The molecule has 0 bridgehead atoms. The van der Waals surface area contributed by atoms with Crippen LogP contribution in [0.25, 0.3) is 0 Å². The Labute approximate surface area is 145 Å². The van der Waals surface area contributed by atoms with Crippen LogP contribution in [0.4, 0.5) is 11.4 Å². The zero-order chi connectivity index (χ0) is 17.7. The molecule has 0 saturated heterocycles. The fraction of sp³-hybridized carbons (Fsp3) is 0.400. The highest BCUT2D eigenvalue weighted by Crippen LogP contribution is 2.19. The second-order valence-electron chi connectivity index (χ2n) is 5.11. The van der Waals surface area contributed by atoms with Gasteiger partial charge >= 0.3 is 0 Å². The lowest BCUT2D eigenvalue weighted by Crippen LogP contribution is -2.23. The number of carbonyl (C=O) groups is 1. The molecule has 0 atom stereocenters. The number of hydrogen-bond acceptors (Lipinski definition) is 7. The molecule has 1 N–H and O–H groups in total. The lowest BCUT2D eigenvalue weighted by atomic mass is 10.2. The Balaban J connectivity index is 2.02. The minimum atomic E-state index is -3.76. The van der Waals surface area contributed by atoms with Crippen molar-refractivity contribution in [2.75, 3.05) is 29.1 Å². The largest absolute Gasteiger partial charge is 0.372 e. The first-order valence-electron chi connectivity index (χ1n) is 7.53. The smallest absolute Gasteiger partial charge is 0.240 e. The van der Waals surface area contributed by atoms with Crippen molar-refractivity contribution in [2.45, 2.75) is 25.1 Å². The van der Waals surface area contributed by atoms with Gasteiger partial charge in [0.1, 0.15) is 10.8 Å². The lowest BCUT2D eigenvalue weighted by Gasteiger charge is -2.21. The Hall–Kier alpha value is -2.00. The molecular weight excluding hydrogens is 348 g/mol. The summed E-state index contributed by atoms with van der Waals surface area (Å²) in [7, 11) is -3.76. The summed E-state index contributed by atoms with van der Waals surface area (Å²) >= 11 is 0.957. The third-order valence-corrected chi connectivity index (χ3v) is 6.28. The monoisotopic (exact) mass is 368 g/mol. The summed E-state index contributed by atoms with van der Waals surface area (Å²) in [6.45, 7) is 7.58. The first-order chi connectivity index (χ1) is 11.4. The van der Waals surface area contributed by atoms with Crippen LogP contribution >= 0.6 is 11.3 Å². The molecule has 1 aromatic carbocycles. The van der Waals surface area contributed by atoms with Crippen LogP contribution in [0, 0.1) is 6.92 Å². The van der Waals surface area contributed by atoms with Gasteiger partial charge in [0, 0.05) is 24.5 Å². The Morgan fingerprint density at radius 3 is 2.29 bits per heavy atom. The molecule has 1 heterocycles. The van der Waals surface area contributed by atoms with E-state index < -0.39 is 21.5 Å². The highest BCUT2D eigenvalue weighted by atomic mass is 32.2. The Morgan fingerprint density at radius 1 is 1.17 bits per heavy atom. The molecule has 1 amide bonds. The molecular formula is C15H20N4O3S2. The number of nitrogens with zero attached hydrogens (tertiary/aromatic N) is 3. The van der Waals surface area contributed by atoms with Gasteiger partial charge < -0.3 is 10.2 Å². The minimum Gasteiger partial charge on any atom is -0.372 e. The van der Waals surface area contributed by atoms with Crippen molar-refractivity contribution in [2.24, 2.45) is 0 Å². The van der Waals surface area contributed by atoms with Crippen LogP contribution in [0.3, 0.4) is 0 Å². The van der Waals surface area contributed by atoms with Gasteiger partial charge in [-0.1, -0.05) is 11.3 Å². The molecule has 1 aromatic heterocycles. The van der Waals surface area contributed by atoms with Crippen molar-refractivity contribution in [3.8, 4) is 0 Å². The molecule has 0 fully saturated rings. The van der Waals surface area contributed by atoms with Crippen molar-refractivity contribution in [1.82, 2.24) is 10.2 Å². The Morgan fingerprint density at radius 2 is 1.79 bits per heavy atom. The second kappa shape index (κ2) is 7.71. The van der Waals surface area contributed by atoms with E-state index in [9.17, 15) is 13.2 Å². The molecule has 2 rings (SSSR count). The molecule has 0 unspecified atom stereocenters. The summed E-state index contributed by atoms with van der Waals surface area (Å²) < 4.78 is 24.1. The number of aromatic nitrogens is 2. The van der Waals surface area contributed by atoms with Gasteiger partial charge in [0.2, 0.25) is 20.1 Å². The molecule has 9 heteroatoms. The summed E-state index contributed by atoms with van der Waals surface area (Å²) in [5.41, 5.74) is 1.61. The summed E-state index contributed by atoms with van der Waals surface area (Å²) in [5.74, 6) is -1.25. The van der Waals surface area contributed by atoms with E-state index in [1.807, 2.05) is 12.1 Å². The predicted octanol–water partition coefficient (Wildman–Crippen LogP) is 2.11.